The van der Waals surface area contributed by atoms with Crippen LogP contribution in [-0.4, -0.2) is 15.0 Å². The summed E-state index contributed by atoms with van der Waals surface area (Å²) < 4.78 is 31.2. The van der Waals surface area contributed by atoms with Crippen LogP contribution in [0.4, 0.5) is 0 Å². The molecule has 0 saturated carbocycles. The van der Waals surface area contributed by atoms with Crippen molar-refractivity contribution in [1.82, 2.24) is 4.72 Å². The van der Waals surface area contributed by atoms with Crippen LogP contribution in [0.25, 0.3) is 0 Å². The molecule has 96 valence electrons. The Morgan fingerprint density at radius 3 is 2.50 bits per heavy atom. The third-order valence-electron chi connectivity index (χ3n) is 2.41. The summed E-state index contributed by atoms with van der Waals surface area (Å²) in [5, 5.41) is 0.507. The van der Waals surface area contributed by atoms with Crippen LogP contribution in [0.2, 0.25) is 5.02 Å². The third kappa shape index (κ3) is 3.35. The normalized spacial score (nSPS) is 11.6. The monoisotopic (exact) mass is 285 g/mol. The summed E-state index contributed by atoms with van der Waals surface area (Å²) >= 11 is 5.71. The van der Waals surface area contributed by atoms with Crippen molar-refractivity contribution in [3.63, 3.8) is 0 Å². The summed E-state index contributed by atoms with van der Waals surface area (Å²) in [6, 6.07) is 7.85. The van der Waals surface area contributed by atoms with Gasteiger partial charge in [-0.25, -0.2) is 13.1 Å². The van der Waals surface area contributed by atoms with E-state index in [2.05, 4.69) is 4.72 Å². The zero-order valence-corrected chi connectivity index (χ0v) is 11.0. The number of furan rings is 1. The first-order valence-electron chi connectivity index (χ1n) is 5.34. The Hall–Kier alpha value is -1.30. The zero-order chi connectivity index (χ0) is 13.0. The molecule has 6 heteroatoms. The summed E-state index contributed by atoms with van der Waals surface area (Å²) in [6.07, 6.45) is 3.74. The SMILES string of the molecule is O=S(=O)(NCCc1ccoc1)c1ccc(Cl)cc1. The maximum atomic E-state index is 11.9. The maximum Gasteiger partial charge on any atom is 0.240 e. The average molecular weight is 286 g/mol. The van der Waals surface area contributed by atoms with Crippen LogP contribution in [0.5, 0.6) is 0 Å². The predicted molar refractivity (Wildman–Crippen MR) is 69.1 cm³/mol. The van der Waals surface area contributed by atoms with Crippen molar-refractivity contribution in [2.45, 2.75) is 11.3 Å². The first-order valence-corrected chi connectivity index (χ1v) is 7.20. The molecule has 2 rings (SSSR count). The van der Waals surface area contributed by atoms with E-state index in [9.17, 15) is 8.42 Å². The van der Waals surface area contributed by atoms with Crippen molar-refractivity contribution in [1.29, 1.82) is 0 Å². The van der Waals surface area contributed by atoms with Gasteiger partial charge in [-0.15, -0.1) is 0 Å². The van der Waals surface area contributed by atoms with Crippen molar-refractivity contribution in [3.05, 3.63) is 53.4 Å². The second-order valence-electron chi connectivity index (χ2n) is 3.73. The third-order valence-corrected chi connectivity index (χ3v) is 4.14. The number of hydrogen-bond acceptors (Lipinski definition) is 3. The van der Waals surface area contributed by atoms with E-state index in [1.54, 1.807) is 30.7 Å². The van der Waals surface area contributed by atoms with Crippen LogP contribution in [0, 0.1) is 0 Å². The van der Waals surface area contributed by atoms with Gasteiger partial charge >= 0.3 is 0 Å². The van der Waals surface area contributed by atoms with E-state index < -0.39 is 10.0 Å². The summed E-state index contributed by atoms with van der Waals surface area (Å²) in [4.78, 5) is 0.207. The molecule has 0 fully saturated rings. The van der Waals surface area contributed by atoms with Gasteiger partial charge in [0.2, 0.25) is 10.0 Å². The number of hydrogen-bond donors (Lipinski definition) is 1. The summed E-state index contributed by atoms with van der Waals surface area (Å²) in [7, 11) is -3.47. The van der Waals surface area contributed by atoms with Gasteiger partial charge in [-0.05, 0) is 42.3 Å². The molecular weight excluding hydrogens is 274 g/mol. The van der Waals surface area contributed by atoms with E-state index in [4.69, 9.17) is 16.0 Å². The average Bonchev–Trinajstić information content (AvgIpc) is 2.82. The molecule has 1 N–H and O–H groups in total. The van der Waals surface area contributed by atoms with E-state index in [0.717, 1.165) is 5.56 Å². The summed E-state index contributed by atoms with van der Waals surface area (Å²) in [5.74, 6) is 0. The highest BCUT2D eigenvalue weighted by atomic mass is 35.5. The maximum absolute atomic E-state index is 11.9. The Morgan fingerprint density at radius 2 is 1.89 bits per heavy atom. The molecule has 1 aromatic carbocycles. The van der Waals surface area contributed by atoms with Gasteiger partial charge in [0.1, 0.15) is 0 Å². The largest absolute Gasteiger partial charge is 0.472 e. The molecular formula is C12H12ClNO3S. The molecule has 2 aromatic rings. The molecule has 0 bridgehead atoms. The standard InChI is InChI=1S/C12H12ClNO3S/c13-11-1-3-12(4-2-11)18(15,16)14-7-5-10-6-8-17-9-10/h1-4,6,8-9,14H,5,7H2. The van der Waals surface area contributed by atoms with E-state index in [-0.39, 0.29) is 4.90 Å². The molecule has 0 atom stereocenters. The Bertz CT molecular complexity index is 591. The number of nitrogens with one attached hydrogen (secondary N) is 1. The van der Waals surface area contributed by atoms with E-state index in [0.29, 0.717) is 18.0 Å². The van der Waals surface area contributed by atoms with Gasteiger partial charge in [-0.2, -0.15) is 0 Å². The molecule has 18 heavy (non-hydrogen) atoms. The topological polar surface area (TPSA) is 59.3 Å². The highest BCUT2D eigenvalue weighted by molar-refractivity contribution is 7.89. The minimum absolute atomic E-state index is 0.207. The van der Waals surface area contributed by atoms with E-state index in [1.807, 2.05) is 0 Å². The predicted octanol–water partition coefficient (Wildman–Crippen LogP) is 2.45. The van der Waals surface area contributed by atoms with Crippen LogP contribution >= 0.6 is 11.6 Å². The Labute approximate surface area is 111 Å². The van der Waals surface area contributed by atoms with Gasteiger partial charge in [-0.1, -0.05) is 11.6 Å². The number of halogens is 1. The number of benzene rings is 1. The van der Waals surface area contributed by atoms with E-state index in [1.165, 1.54) is 12.1 Å². The van der Waals surface area contributed by atoms with Gasteiger partial charge in [0.15, 0.2) is 0 Å². The van der Waals surface area contributed by atoms with Gasteiger partial charge in [0.05, 0.1) is 17.4 Å². The Balaban J connectivity index is 1.97. The van der Waals surface area contributed by atoms with Crippen molar-refractivity contribution in [3.8, 4) is 0 Å². The van der Waals surface area contributed by atoms with Crippen LogP contribution in [0.15, 0.2) is 52.2 Å². The smallest absolute Gasteiger partial charge is 0.240 e. The minimum Gasteiger partial charge on any atom is -0.472 e. The molecule has 0 aliphatic heterocycles. The highest BCUT2D eigenvalue weighted by Gasteiger charge is 2.12. The van der Waals surface area contributed by atoms with Crippen molar-refractivity contribution in [2.24, 2.45) is 0 Å². The van der Waals surface area contributed by atoms with Crippen LogP contribution in [0.3, 0.4) is 0 Å². The lowest BCUT2D eigenvalue weighted by Gasteiger charge is -2.05. The number of sulfonamides is 1. The highest BCUT2D eigenvalue weighted by Crippen LogP contribution is 2.13. The summed E-state index contributed by atoms with van der Waals surface area (Å²) in [6.45, 7) is 0.324. The van der Waals surface area contributed by atoms with Gasteiger partial charge < -0.3 is 4.42 Å². The molecule has 0 aliphatic rings. The number of rotatable bonds is 5. The van der Waals surface area contributed by atoms with Crippen molar-refractivity contribution in [2.75, 3.05) is 6.54 Å². The second-order valence-corrected chi connectivity index (χ2v) is 5.94. The second kappa shape index (κ2) is 5.56. The molecule has 1 aromatic heterocycles. The van der Waals surface area contributed by atoms with Gasteiger partial charge in [0.25, 0.3) is 0 Å². The van der Waals surface area contributed by atoms with Crippen molar-refractivity contribution < 1.29 is 12.8 Å². The minimum atomic E-state index is -3.47. The molecule has 1 heterocycles. The lowest BCUT2D eigenvalue weighted by molar-refractivity contribution is 0.562. The van der Waals surface area contributed by atoms with Gasteiger partial charge in [0, 0.05) is 11.6 Å². The Kier molecular flexibility index (Phi) is 4.06. The van der Waals surface area contributed by atoms with E-state index >= 15 is 0 Å². The van der Waals surface area contributed by atoms with Crippen LogP contribution < -0.4 is 4.72 Å². The fourth-order valence-electron chi connectivity index (χ4n) is 1.46. The lowest BCUT2D eigenvalue weighted by atomic mass is 10.2. The molecule has 0 spiro atoms. The fraction of sp³-hybridized carbons (Fsp3) is 0.167. The quantitative estimate of drug-likeness (QED) is 0.918. The Morgan fingerprint density at radius 1 is 1.17 bits per heavy atom. The summed E-state index contributed by atoms with van der Waals surface area (Å²) in [5.41, 5.74) is 0.953. The molecule has 0 saturated heterocycles. The zero-order valence-electron chi connectivity index (χ0n) is 9.47. The molecule has 0 amide bonds. The lowest BCUT2D eigenvalue weighted by Crippen LogP contribution is -2.25. The molecule has 0 aliphatic carbocycles. The van der Waals surface area contributed by atoms with Gasteiger partial charge in [-0.3, -0.25) is 0 Å². The molecule has 0 unspecified atom stereocenters. The molecule has 4 nitrogen and oxygen atoms in total. The van der Waals surface area contributed by atoms with Crippen molar-refractivity contribution >= 4 is 21.6 Å². The fourth-order valence-corrected chi connectivity index (χ4v) is 2.62. The van der Waals surface area contributed by atoms with Crippen LogP contribution in [0.1, 0.15) is 5.56 Å². The van der Waals surface area contributed by atoms with Crippen LogP contribution in [-0.2, 0) is 16.4 Å². The first-order chi connectivity index (χ1) is 8.58. The first kappa shape index (κ1) is 13.1. The molecule has 0 radical (unpaired) electrons.